The molecular weight excluding hydrogens is 252 g/mol. The third-order valence-electron chi connectivity index (χ3n) is 4.41. The van der Waals surface area contributed by atoms with Gasteiger partial charge in [-0.1, -0.05) is 6.42 Å². The van der Waals surface area contributed by atoms with Crippen LogP contribution >= 0.6 is 0 Å². The van der Waals surface area contributed by atoms with E-state index in [2.05, 4.69) is 15.3 Å². The zero-order valence-corrected chi connectivity index (χ0v) is 12.2. The lowest BCUT2D eigenvalue weighted by Gasteiger charge is -2.39. The Bertz CT molecular complexity index is 473. The number of Topliss-reactive ketones (excluding diaryl/α,β-unsaturated/α-hetero) is 1. The number of piperidine rings is 2. The van der Waals surface area contributed by atoms with Gasteiger partial charge in [0, 0.05) is 44.5 Å². The van der Waals surface area contributed by atoms with Crippen LogP contribution in [0.1, 0.15) is 42.5 Å². The fraction of sp³-hybridized carbons (Fsp3) is 0.667. The molecule has 2 saturated heterocycles. The van der Waals surface area contributed by atoms with Crippen LogP contribution < -0.4 is 10.2 Å². The fourth-order valence-corrected chi connectivity index (χ4v) is 3.39. The first-order chi connectivity index (χ1) is 9.63. The molecule has 2 unspecified atom stereocenters. The molecule has 5 heteroatoms. The van der Waals surface area contributed by atoms with Gasteiger partial charge in [0.05, 0.1) is 5.56 Å². The minimum Gasteiger partial charge on any atom is -0.347 e. The van der Waals surface area contributed by atoms with Gasteiger partial charge in [-0.15, -0.1) is 0 Å². The number of aromatic nitrogens is 2. The topological polar surface area (TPSA) is 58.1 Å². The molecule has 0 saturated carbocycles. The number of carbonyl (C=O) groups excluding carboxylic acids is 1. The van der Waals surface area contributed by atoms with Crippen molar-refractivity contribution >= 4 is 11.7 Å². The third-order valence-corrected chi connectivity index (χ3v) is 4.41. The smallest absolute Gasteiger partial charge is 0.224 e. The molecule has 108 valence electrons. The summed E-state index contributed by atoms with van der Waals surface area (Å²) in [6.07, 6.45) is 8.97. The van der Waals surface area contributed by atoms with Gasteiger partial charge in [-0.05, 0) is 25.7 Å². The summed E-state index contributed by atoms with van der Waals surface area (Å²) >= 11 is 0. The Kier molecular flexibility index (Phi) is 3.70. The third kappa shape index (κ3) is 2.68. The lowest BCUT2D eigenvalue weighted by Crippen LogP contribution is -2.50. The van der Waals surface area contributed by atoms with E-state index in [0.717, 1.165) is 12.8 Å². The van der Waals surface area contributed by atoms with Crippen molar-refractivity contribution < 1.29 is 4.79 Å². The largest absolute Gasteiger partial charge is 0.347 e. The number of hydrogen-bond donors (Lipinski definition) is 1. The number of nitrogens with zero attached hydrogens (tertiary/aromatic N) is 3. The normalized spacial score (nSPS) is 29.0. The van der Waals surface area contributed by atoms with Crippen LogP contribution in [0.2, 0.25) is 0 Å². The van der Waals surface area contributed by atoms with Gasteiger partial charge in [0.2, 0.25) is 5.95 Å². The van der Waals surface area contributed by atoms with Crippen LogP contribution in [-0.4, -0.2) is 41.9 Å². The minimum absolute atomic E-state index is 0.139. The van der Waals surface area contributed by atoms with Crippen molar-refractivity contribution in [2.24, 2.45) is 5.92 Å². The molecular formula is C15H22N4O. The predicted octanol–water partition coefficient (Wildman–Crippen LogP) is 1.65. The van der Waals surface area contributed by atoms with Crippen LogP contribution in [0.4, 0.5) is 5.95 Å². The predicted molar refractivity (Wildman–Crippen MR) is 78.0 cm³/mol. The van der Waals surface area contributed by atoms with E-state index in [1.54, 1.807) is 12.4 Å². The van der Waals surface area contributed by atoms with Crippen LogP contribution in [0.3, 0.4) is 0 Å². The fourth-order valence-electron chi connectivity index (χ4n) is 3.39. The Morgan fingerprint density at radius 3 is 2.35 bits per heavy atom. The molecule has 0 aromatic carbocycles. The molecule has 1 N–H and O–H groups in total. The molecule has 3 heterocycles. The van der Waals surface area contributed by atoms with Gasteiger partial charge >= 0.3 is 0 Å². The van der Waals surface area contributed by atoms with E-state index in [0.29, 0.717) is 23.6 Å². The Hall–Kier alpha value is -1.49. The van der Waals surface area contributed by atoms with Crippen molar-refractivity contribution in [1.29, 1.82) is 0 Å². The molecule has 0 amide bonds. The number of carbonyl (C=O) groups is 1. The van der Waals surface area contributed by atoms with Crippen molar-refractivity contribution in [1.82, 2.24) is 15.3 Å². The van der Waals surface area contributed by atoms with E-state index in [4.69, 9.17) is 0 Å². The Labute approximate surface area is 119 Å². The van der Waals surface area contributed by atoms with Gasteiger partial charge in [-0.25, -0.2) is 9.97 Å². The van der Waals surface area contributed by atoms with Gasteiger partial charge in [0.25, 0.3) is 0 Å². The van der Waals surface area contributed by atoms with Gasteiger partial charge in [-0.3, -0.25) is 4.79 Å². The summed E-state index contributed by atoms with van der Waals surface area (Å²) in [5, 5.41) is 3.62. The van der Waals surface area contributed by atoms with E-state index in [1.165, 1.54) is 19.3 Å². The molecule has 2 fully saturated rings. The van der Waals surface area contributed by atoms with Crippen LogP contribution in [0.25, 0.3) is 0 Å². The summed E-state index contributed by atoms with van der Waals surface area (Å²) < 4.78 is 0. The highest BCUT2D eigenvalue weighted by molar-refractivity contribution is 5.97. The highest BCUT2D eigenvalue weighted by atomic mass is 16.1. The second-order valence-corrected chi connectivity index (χ2v) is 6.19. The summed E-state index contributed by atoms with van der Waals surface area (Å²) in [5.74, 6) is 0.998. The highest BCUT2D eigenvalue weighted by Gasteiger charge is 2.35. The van der Waals surface area contributed by atoms with Crippen molar-refractivity contribution in [3.63, 3.8) is 0 Å². The number of nitrogens with one attached hydrogen (secondary N) is 1. The molecule has 0 radical (unpaired) electrons. The van der Waals surface area contributed by atoms with Crippen LogP contribution in [-0.2, 0) is 0 Å². The lowest BCUT2D eigenvalue weighted by atomic mass is 9.77. The SMILES string of the molecule is CN(C)c1ncc(C(=O)C2CC3CCCC(C2)N3)cn1. The molecule has 2 bridgehead atoms. The molecule has 2 aliphatic rings. The van der Waals surface area contributed by atoms with E-state index in [-0.39, 0.29) is 11.7 Å². The Morgan fingerprint density at radius 1 is 1.20 bits per heavy atom. The van der Waals surface area contributed by atoms with Crippen molar-refractivity contribution in [3.8, 4) is 0 Å². The summed E-state index contributed by atoms with van der Waals surface area (Å²) in [5.41, 5.74) is 0.653. The van der Waals surface area contributed by atoms with E-state index >= 15 is 0 Å². The Balaban J connectivity index is 1.72. The average Bonchev–Trinajstić information content (AvgIpc) is 2.46. The monoisotopic (exact) mass is 274 g/mol. The quantitative estimate of drug-likeness (QED) is 0.849. The van der Waals surface area contributed by atoms with Crippen LogP contribution in [0.5, 0.6) is 0 Å². The summed E-state index contributed by atoms with van der Waals surface area (Å²) in [4.78, 5) is 22.9. The Morgan fingerprint density at radius 2 is 1.80 bits per heavy atom. The van der Waals surface area contributed by atoms with Crippen LogP contribution in [0.15, 0.2) is 12.4 Å². The van der Waals surface area contributed by atoms with Gasteiger partial charge in [0.1, 0.15) is 0 Å². The number of ketones is 1. The molecule has 2 atom stereocenters. The van der Waals surface area contributed by atoms with Gasteiger partial charge < -0.3 is 10.2 Å². The molecule has 1 aromatic heterocycles. The van der Waals surface area contributed by atoms with Crippen molar-refractivity contribution in [3.05, 3.63) is 18.0 Å². The molecule has 20 heavy (non-hydrogen) atoms. The molecule has 2 aliphatic heterocycles. The molecule has 1 aromatic rings. The maximum Gasteiger partial charge on any atom is 0.224 e. The second kappa shape index (κ2) is 5.48. The van der Waals surface area contributed by atoms with Gasteiger partial charge in [0.15, 0.2) is 5.78 Å². The maximum atomic E-state index is 12.6. The lowest BCUT2D eigenvalue weighted by molar-refractivity contribution is 0.0824. The zero-order chi connectivity index (χ0) is 14.1. The average molecular weight is 274 g/mol. The first-order valence-electron chi connectivity index (χ1n) is 7.43. The number of anilines is 1. The van der Waals surface area contributed by atoms with E-state index < -0.39 is 0 Å². The number of hydrogen-bond acceptors (Lipinski definition) is 5. The molecule has 3 rings (SSSR count). The summed E-state index contributed by atoms with van der Waals surface area (Å²) in [7, 11) is 3.79. The van der Waals surface area contributed by atoms with E-state index in [1.807, 2.05) is 19.0 Å². The zero-order valence-electron chi connectivity index (χ0n) is 12.2. The summed E-state index contributed by atoms with van der Waals surface area (Å²) in [6, 6.07) is 1.05. The van der Waals surface area contributed by atoms with Crippen molar-refractivity contribution in [2.75, 3.05) is 19.0 Å². The van der Waals surface area contributed by atoms with E-state index in [9.17, 15) is 4.79 Å². The second-order valence-electron chi connectivity index (χ2n) is 6.19. The minimum atomic E-state index is 0.139. The molecule has 5 nitrogen and oxygen atoms in total. The first-order valence-corrected chi connectivity index (χ1v) is 7.43. The number of rotatable bonds is 3. The maximum absolute atomic E-state index is 12.6. The first kappa shape index (κ1) is 13.5. The van der Waals surface area contributed by atoms with Gasteiger partial charge in [-0.2, -0.15) is 0 Å². The molecule has 0 aliphatic carbocycles. The molecule has 0 spiro atoms. The van der Waals surface area contributed by atoms with Crippen LogP contribution in [0, 0.1) is 5.92 Å². The highest BCUT2D eigenvalue weighted by Crippen LogP contribution is 2.31. The number of fused-ring (bicyclic) bond motifs is 2. The van der Waals surface area contributed by atoms with Crippen molar-refractivity contribution in [2.45, 2.75) is 44.2 Å². The standard InChI is InChI=1S/C15H22N4O/c1-19(2)15-16-8-11(9-17-15)14(20)10-6-12-4-3-5-13(7-10)18-12/h8-10,12-13,18H,3-7H2,1-2H3. The summed E-state index contributed by atoms with van der Waals surface area (Å²) in [6.45, 7) is 0.